The van der Waals surface area contributed by atoms with Crippen molar-refractivity contribution >= 4 is 11.7 Å². The van der Waals surface area contributed by atoms with Gasteiger partial charge >= 0.3 is 5.97 Å². The van der Waals surface area contributed by atoms with Crippen molar-refractivity contribution in [3.8, 4) is 0 Å². The molecule has 0 atom stereocenters. The second kappa shape index (κ2) is 3.08. The molecule has 3 N–H and O–H groups in total. The molecular formula is C8H11N3O2. The number of carbonyl (C=O) groups excluding carboxylic acids is 1. The molecule has 1 fully saturated rings. The Morgan fingerprint density at radius 3 is 3.08 bits per heavy atom. The molecule has 1 aliphatic rings. The molecule has 0 unspecified atom stereocenters. The Morgan fingerprint density at radius 2 is 2.54 bits per heavy atom. The third kappa shape index (κ3) is 1.80. The van der Waals surface area contributed by atoms with Crippen LogP contribution in [-0.4, -0.2) is 22.8 Å². The van der Waals surface area contributed by atoms with Crippen LogP contribution in [0.15, 0.2) is 6.20 Å². The Kier molecular flexibility index (Phi) is 1.92. The molecule has 0 radical (unpaired) electrons. The zero-order valence-electron chi connectivity index (χ0n) is 7.12. The normalized spacial score (nSPS) is 15.7. The molecule has 2 rings (SSSR count). The van der Waals surface area contributed by atoms with E-state index in [4.69, 9.17) is 10.5 Å². The Bertz CT molecular complexity index is 317. The summed E-state index contributed by atoms with van der Waals surface area (Å²) >= 11 is 0. The topological polar surface area (TPSA) is 81.0 Å². The van der Waals surface area contributed by atoms with Crippen LogP contribution >= 0.6 is 0 Å². The van der Waals surface area contributed by atoms with E-state index in [1.54, 1.807) is 0 Å². The lowest BCUT2D eigenvalue weighted by molar-refractivity contribution is 0.0480. The van der Waals surface area contributed by atoms with E-state index in [2.05, 4.69) is 10.2 Å². The van der Waals surface area contributed by atoms with Gasteiger partial charge in [0.2, 0.25) is 0 Å². The third-order valence-corrected chi connectivity index (χ3v) is 2.02. The fourth-order valence-electron chi connectivity index (χ4n) is 1.01. The highest BCUT2D eigenvalue weighted by molar-refractivity contribution is 5.92. The third-order valence-electron chi connectivity index (χ3n) is 2.02. The van der Waals surface area contributed by atoms with Gasteiger partial charge in [0.1, 0.15) is 0 Å². The Morgan fingerprint density at radius 1 is 1.77 bits per heavy atom. The van der Waals surface area contributed by atoms with E-state index in [1.807, 2.05) is 0 Å². The highest BCUT2D eigenvalue weighted by Gasteiger charge is 2.24. The molecule has 0 aromatic carbocycles. The van der Waals surface area contributed by atoms with Crippen molar-refractivity contribution < 1.29 is 9.53 Å². The molecule has 70 valence electrons. The van der Waals surface area contributed by atoms with Crippen LogP contribution in [0.3, 0.4) is 0 Å². The molecule has 5 heteroatoms. The van der Waals surface area contributed by atoms with Crippen molar-refractivity contribution in [1.29, 1.82) is 0 Å². The second-order valence-corrected chi connectivity index (χ2v) is 3.24. The van der Waals surface area contributed by atoms with Gasteiger partial charge in [-0.2, -0.15) is 5.10 Å². The summed E-state index contributed by atoms with van der Waals surface area (Å²) in [5.74, 6) is 0.148. The van der Waals surface area contributed by atoms with Crippen LogP contribution in [0.2, 0.25) is 0 Å². The summed E-state index contributed by atoms with van der Waals surface area (Å²) < 4.78 is 5.00. The van der Waals surface area contributed by atoms with Gasteiger partial charge in [0.05, 0.1) is 18.5 Å². The highest BCUT2D eigenvalue weighted by Crippen LogP contribution is 2.29. The van der Waals surface area contributed by atoms with Crippen molar-refractivity contribution in [2.75, 3.05) is 12.3 Å². The summed E-state index contributed by atoms with van der Waals surface area (Å²) in [7, 11) is 0. The molecule has 1 heterocycles. The van der Waals surface area contributed by atoms with Crippen molar-refractivity contribution in [3.63, 3.8) is 0 Å². The first-order valence-corrected chi connectivity index (χ1v) is 4.23. The van der Waals surface area contributed by atoms with E-state index < -0.39 is 5.97 Å². The number of H-pyrrole nitrogens is 1. The summed E-state index contributed by atoms with van der Waals surface area (Å²) in [5.41, 5.74) is 6.05. The zero-order valence-corrected chi connectivity index (χ0v) is 7.12. The van der Waals surface area contributed by atoms with Crippen LogP contribution in [0, 0.1) is 5.92 Å². The largest absolute Gasteiger partial charge is 0.461 e. The molecule has 0 aliphatic heterocycles. The maximum atomic E-state index is 11.3. The minimum atomic E-state index is -0.415. The van der Waals surface area contributed by atoms with Gasteiger partial charge in [-0.1, -0.05) is 0 Å². The summed E-state index contributed by atoms with van der Waals surface area (Å²) in [5, 5.41) is 6.13. The SMILES string of the molecule is Nc1cn[nH]c1C(=O)OCC1CC1. The zero-order chi connectivity index (χ0) is 9.26. The van der Waals surface area contributed by atoms with Gasteiger partial charge in [0.15, 0.2) is 5.69 Å². The minimum absolute atomic E-state index is 0.251. The van der Waals surface area contributed by atoms with Crippen LogP contribution in [0.4, 0.5) is 5.69 Å². The first kappa shape index (κ1) is 8.10. The monoisotopic (exact) mass is 181 g/mol. The average molecular weight is 181 g/mol. The van der Waals surface area contributed by atoms with Crippen molar-refractivity contribution in [3.05, 3.63) is 11.9 Å². The van der Waals surface area contributed by atoms with Crippen LogP contribution in [0.25, 0.3) is 0 Å². The number of nitrogen functional groups attached to an aromatic ring is 1. The molecule has 0 spiro atoms. The molecule has 1 aromatic rings. The van der Waals surface area contributed by atoms with Gasteiger partial charge in [-0.3, -0.25) is 5.10 Å². The van der Waals surface area contributed by atoms with Crippen LogP contribution in [0.1, 0.15) is 23.3 Å². The number of hydrogen-bond donors (Lipinski definition) is 2. The fourth-order valence-corrected chi connectivity index (χ4v) is 1.01. The number of carbonyl (C=O) groups is 1. The summed E-state index contributed by atoms with van der Waals surface area (Å²) in [6.45, 7) is 0.497. The van der Waals surface area contributed by atoms with E-state index >= 15 is 0 Å². The smallest absolute Gasteiger partial charge is 0.358 e. The van der Waals surface area contributed by atoms with Crippen molar-refractivity contribution in [2.24, 2.45) is 5.92 Å². The van der Waals surface area contributed by atoms with Crippen molar-refractivity contribution in [2.45, 2.75) is 12.8 Å². The minimum Gasteiger partial charge on any atom is -0.461 e. The van der Waals surface area contributed by atoms with Crippen LogP contribution < -0.4 is 5.73 Å². The maximum Gasteiger partial charge on any atom is 0.358 e. The molecule has 13 heavy (non-hydrogen) atoms. The summed E-state index contributed by atoms with van der Waals surface area (Å²) in [6.07, 6.45) is 3.71. The Labute approximate surface area is 75.3 Å². The number of aromatic amines is 1. The molecule has 1 aromatic heterocycles. The van der Waals surface area contributed by atoms with E-state index in [0.717, 1.165) is 12.8 Å². The van der Waals surface area contributed by atoms with Gasteiger partial charge in [-0.25, -0.2) is 4.79 Å². The van der Waals surface area contributed by atoms with Gasteiger partial charge in [-0.05, 0) is 18.8 Å². The molecular weight excluding hydrogens is 170 g/mol. The van der Waals surface area contributed by atoms with E-state index in [-0.39, 0.29) is 5.69 Å². The second-order valence-electron chi connectivity index (χ2n) is 3.24. The lowest BCUT2D eigenvalue weighted by Gasteiger charge is -2.01. The standard InChI is InChI=1S/C8H11N3O2/c9-6-3-10-11-7(6)8(12)13-4-5-1-2-5/h3,5H,1-2,4,9H2,(H,10,11). The Hall–Kier alpha value is -1.52. The number of rotatable bonds is 3. The van der Waals surface area contributed by atoms with Gasteiger partial charge < -0.3 is 10.5 Å². The molecule has 0 amide bonds. The number of ether oxygens (including phenoxy) is 1. The molecule has 0 bridgehead atoms. The number of hydrogen-bond acceptors (Lipinski definition) is 4. The number of esters is 1. The molecule has 1 aliphatic carbocycles. The Balaban J connectivity index is 1.92. The van der Waals surface area contributed by atoms with Gasteiger partial charge in [-0.15, -0.1) is 0 Å². The number of nitrogens with two attached hydrogens (primary N) is 1. The van der Waals surface area contributed by atoms with E-state index in [9.17, 15) is 4.79 Å². The lowest BCUT2D eigenvalue weighted by Crippen LogP contribution is -2.09. The quantitative estimate of drug-likeness (QED) is 0.667. The first-order chi connectivity index (χ1) is 6.27. The van der Waals surface area contributed by atoms with Crippen molar-refractivity contribution in [1.82, 2.24) is 10.2 Å². The molecule has 0 saturated heterocycles. The number of nitrogens with zero attached hydrogens (tertiary/aromatic N) is 1. The maximum absolute atomic E-state index is 11.3. The molecule has 1 saturated carbocycles. The lowest BCUT2D eigenvalue weighted by atomic mass is 10.4. The van der Waals surface area contributed by atoms with E-state index in [1.165, 1.54) is 6.20 Å². The van der Waals surface area contributed by atoms with Crippen LogP contribution in [0.5, 0.6) is 0 Å². The number of nitrogens with one attached hydrogen (secondary N) is 1. The molecule has 5 nitrogen and oxygen atoms in total. The highest BCUT2D eigenvalue weighted by atomic mass is 16.5. The first-order valence-electron chi connectivity index (χ1n) is 4.23. The summed E-state index contributed by atoms with van der Waals surface area (Å²) in [6, 6.07) is 0. The predicted octanol–water partition coefficient (Wildman–Crippen LogP) is 0.559. The number of anilines is 1. The van der Waals surface area contributed by atoms with Gasteiger partial charge in [0, 0.05) is 0 Å². The summed E-state index contributed by atoms with van der Waals surface area (Å²) in [4.78, 5) is 11.3. The number of aromatic nitrogens is 2. The average Bonchev–Trinajstić information content (AvgIpc) is 2.84. The fraction of sp³-hybridized carbons (Fsp3) is 0.500. The predicted molar refractivity (Wildman–Crippen MR) is 46.0 cm³/mol. The van der Waals surface area contributed by atoms with E-state index in [0.29, 0.717) is 18.2 Å². The van der Waals surface area contributed by atoms with Gasteiger partial charge in [0.25, 0.3) is 0 Å². The van der Waals surface area contributed by atoms with Crippen LogP contribution in [-0.2, 0) is 4.74 Å².